The molecule has 1 saturated carbocycles. The fraction of sp³-hybridized carbons (Fsp3) is 0.292. The van der Waals surface area contributed by atoms with Crippen LogP contribution in [0.25, 0.3) is 10.8 Å². The van der Waals surface area contributed by atoms with Crippen molar-refractivity contribution in [1.29, 1.82) is 0 Å². The van der Waals surface area contributed by atoms with Gasteiger partial charge in [0.05, 0.1) is 18.9 Å². The molecule has 2 N–H and O–H groups in total. The van der Waals surface area contributed by atoms with Gasteiger partial charge in [-0.1, -0.05) is 30.3 Å². The second-order valence-corrected chi connectivity index (χ2v) is 9.25. The Balaban J connectivity index is 1.31. The predicted molar refractivity (Wildman–Crippen MR) is 127 cm³/mol. The van der Waals surface area contributed by atoms with E-state index in [0.29, 0.717) is 24.3 Å². The van der Waals surface area contributed by atoms with Crippen LogP contribution < -0.4 is 10.2 Å². The van der Waals surface area contributed by atoms with Crippen molar-refractivity contribution < 1.29 is 4.74 Å². The molecular weight excluding hydrogens is 420 g/mol. The monoisotopic (exact) mass is 444 g/mol. The van der Waals surface area contributed by atoms with Crippen LogP contribution in [0.5, 0.6) is 0 Å². The molecule has 0 unspecified atom stereocenters. The lowest BCUT2D eigenvalue weighted by molar-refractivity contribution is 0.122. The van der Waals surface area contributed by atoms with Crippen LogP contribution in [-0.2, 0) is 4.74 Å². The van der Waals surface area contributed by atoms with Crippen molar-refractivity contribution in [1.82, 2.24) is 20.2 Å². The molecule has 162 valence electrons. The number of fused-ring (bicyclic) bond motifs is 1. The summed E-state index contributed by atoms with van der Waals surface area (Å²) < 4.78 is 5.53. The maximum Gasteiger partial charge on any atom is 0.196 e. The summed E-state index contributed by atoms with van der Waals surface area (Å²) in [6.07, 6.45) is 2.46. The summed E-state index contributed by atoms with van der Waals surface area (Å²) in [7, 11) is 0. The summed E-state index contributed by atoms with van der Waals surface area (Å²) in [5, 5.41) is 14.1. The summed E-state index contributed by atoms with van der Waals surface area (Å²) in [6.45, 7) is 3.08. The summed E-state index contributed by atoms with van der Waals surface area (Å²) in [6, 6.07) is 18.9. The second kappa shape index (κ2) is 8.44. The number of anilines is 3. The van der Waals surface area contributed by atoms with Crippen molar-refractivity contribution in [2.75, 3.05) is 36.5 Å². The largest absolute Gasteiger partial charge is 0.378 e. The SMILES string of the molecule is c1ccc2cc(Sc3nc(Nc4cc(C5CC5)n[nH]4)cc(N4CCOCC4)n3)ccc2c1. The molecule has 0 radical (unpaired) electrons. The fourth-order valence-corrected chi connectivity index (χ4v) is 4.76. The third-order valence-electron chi connectivity index (χ3n) is 5.81. The molecule has 0 amide bonds. The minimum absolute atomic E-state index is 0.607. The van der Waals surface area contributed by atoms with E-state index in [1.165, 1.54) is 23.6 Å². The molecule has 1 aliphatic heterocycles. The second-order valence-electron chi connectivity index (χ2n) is 8.21. The van der Waals surface area contributed by atoms with Crippen molar-refractivity contribution in [2.24, 2.45) is 0 Å². The van der Waals surface area contributed by atoms with Gasteiger partial charge in [0.2, 0.25) is 0 Å². The molecule has 0 bridgehead atoms. The van der Waals surface area contributed by atoms with Crippen LogP contribution in [-0.4, -0.2) is 46.5 Å². The molecule has 0 atom stereocenters. The van der Waals surface area contributed by atoms with E-state index < -0.39 is 0 Å². The number of aromatic nitrogens is 4. The van der Waals surface area contributed by atoms with Gasteiger partial charge in [0.15, 0.2) is 5.16 Å². The minimum atomic E-state index is 0.607. The zero-order chi connectivity index (χ0) is 21.3. The number of hydrogen-bond donors (Lipinski definition) is 2. The standard InChI is InChI=1S/C24H24N6OS/c1-2-4-18-13-19(8-7-16(18)3-1)32-24-26-21(15-23(27-24)30-9-11-31-12-10-30)25-22-14-20(28-29-22)17-5-6-17/h1-4,7-8,13-15,17H,5-6,9-12H2,(H2,25,26,27,28,29). The quantitative estimate of drug-likeness (QED) is 0.407. The molecule has 6 rings (SSSR count). The van der Waals surface area contributed by atoms with Gasteiger partial charge < -0.3 is 15.0 Å². The van der Waals surface area contributed by atoms with Gasteiger partial charge >= 0.3 is 0 Å². The molecule has 32 heavy (non-hydrogen) atoms. The van der Waals surface area contributed by atoms with Crippen LogP contribution in [0.15, 0.2) is 64.6 Å². The maximum atomic E-state index is 5.53. The highest BCUT2D eigenvalue weighted by Gasteiger charge is 2.26. The number of morpholine rings is 1. The van der Waals surface area contributed by atoms with E-state index in [1.807, 2.05) is 6.07 Å². The van der Waals surface area contributed by atoms with Crippen LogP contribution >= 0.6 is 11.8 Å². The fourth-order valence-electron chi connectivity index (χ4n) is 3.94. The van der Waals surface area contributed by atoms with Crippen LogP contribution in [0.3, 0.4) is 0 Å². The molecule has 8 heteroatoms. The molecular formula is C24H24N6OS. The van der Waals surface area contributed by atoms with E-state index in [-0.39, 0.29) is 0 Å². The Morgan fingerprint density at radius 3 is 2.66 bits per heavy atom. The normalized spacial score (nSPS) is 16.4. The van der Waals surface area contributed by atoms with Crippen LogP contribution in [0.4, 0.5) is 17.5 Å². The zero-order valence-corrected chi connectivity index (χ0v) is 18.4. The predicted octanol–water partition coefficient (Wildman–Crippen LogP) is 4.96. The van der Waals surface area contributed by atoms with Gasteiger partial charge in [-0.15, -0.1) is 0 Å². The first-order chi connectivity index (χ1) is 15.8. The highest BCUT2D eigenvalue weighted by atomic mass is 32.2. The van der Waals surface area contributed by atoms with Gasteiger partial charge in [-0.05, 0) is 47.5 Å². The maximum absolute atomic E-state index is 5.53. The van der Waals surface area contributed by atoms with Gasteiger partial charge in [-0.2, -0.15) is 5.10 Å². The van der Waals surface area contributed by atoms with E-state index in [9.17, 15) is 0 Å². The number of rotatable bonds is 6. The number of nitrogens with one attached hydrogen (secondary N) is 2. The summed E-state index contributed by atoms with van der Waals surface area (Å²) >= 11 is 1.58. The Labute approximate surface area is 190 Å². The average Bonchev–Trinajstić information content (AvgIpc) is 3.58. The molecule has 2 aromatic heterocycles. The van der Waals surface area contributed by atoms with Gasteiger partial charge in [-0.3, -0.25) is 5.10 Å². The van der Waals surface area contributed by atoms with Gasteiger partial charge in [0.25, 0.3) is 0 Å². The molecule has 4 aromatic rings. The van der Waals surface area contributed by atoms with E-state index in [2.05, 4.69) is 68.9 Å². The Morgan fingerprint density at radius 2 is 1.81 bits per heavy atom. The third kappa shape index (κ3) is 4.28. The molecule has 0 spiro atoms. The van der Waals surface area contributed by atoms with Gasteiger partial charge in [0.1, 0.15) is 17.5 Å². The number of benzene rings is 2. The van der Waals surface area contributed by atoms with Crippen LogP contribution in [0.2, 0.25) is 0 Å². The number of H-pyrrole nitrogens is 1. The summed E-state index contributed by atoms with van der Waals surface area (Å²) in [4.78, 5) is 13.0. The van der Waals surface area contributed by atoms with E-state index >= 15 is 0 Å². The smallest absolute Gasteiger partial charge is 0.196 e. The Morgan fingerprint density at radius 1 is 0.969 bits per heavy atom. The highest BCUT2D eigenvalue weighted by Crippen LogP contribution is 2.40. The summed E-state index contributed by atoms with van der Waals surface area (Å²) in [5.41, 5.74) is 1.13. The van der Waals surface area contributed by atoms with E-state index in [4.69, 9.17) is 14.7 Å². The zero-order valence-electron chi connectivity index (χ0n) is 17.6. The Bertz CT molecular complexity index is 1250. The molecule has 2 aliphatic rings. The first kappa shape index (κ1) is 19.6. The minimum Gasteiger partial charge on any atom is -0.378 e. The third-order valence-corrected chi connectivity index (χ3v) is 6.67. The molecule has 2 fully saturated rings. The molecule has 1 saturated heterocycles. The molecule has 1 aliphatic carbocycles. The first-order valence-corrected chi connectivity index (χ1v) is 11.8. The Hall–Kier alpha value is -3.10. The number of ether oxygens (including phenoxy) is 1. The number of nitrogens with zero attached hydrogens (tertiary/aromatic N) is 4. The molecule has 2 aromatic carbocycles. The van der Waals surface area contributed by atoms with Crippen molar-refractivity contribution in [3.63, 3.8) is 0 Å². The van der Waals surface area contributed by atoms with Crippen molar-refractivity contribution in [3.05, 3.63) is 60.3 Å². The van der Waals surface area contributed by atoms with Crippen molar-refractivity contribution >= 4 is 40.0 Å². The van der Waals surface area contributed by atoms with E-state index in [0.717, 1.165) is 41.1 Å². The van der Waals surface area contributed by atoms with E-state index in [1.54, 1.807) is 11.8 Å². The van der Waals surface area contributed by atoms with Gasteiger partial charge in [0, 0.05) is 36.0 Å². The highest BCUT2D eigenvalue weighted by molar-refractivity contribution is 7.99. The average molecular weight is 445 g/mol. The lowest BCUT2D eigenvalue weighted by atomic mass is 10.1. The van der Waals surface area contributed by atoms with Gasteiger partial charge in [-0.25, -0.2) is 9.97 Å². The number of hydrogen-bond acceptors (Lipinski definition) is 7. The molecule has 7 nitrogen and oxygen atoms in total. The number of aromatic amines is 1. The van der Waals surface area contributed by atoms with Crippen molar-refractivity contribution in [3.8, 4) is 0 Å². The summed E-state index contributed by atoms with van der Waals surface area (Å²) in [5.74, 6) is 3.14. The van der Waals surface area contributed by atoms with Crippen LogP contribution in [0.1, 0.15) is 24.5 Å². The lowest BCUT2D eigenvalue weighted by Crippen LogP contribution is -2.36. The van der Waals surface area contributed by atoms with Crippen LogP contribution in [0, 0.1) is 0 Å². The topological polar surface area (TPSA) is 79.0 Å². The first-order valence-electron chi connectivity index (χ1n) is 11.0. The van der Waals surface area contributed by atoms with Crippen molar-refractivity contribution in [2.45, 2.75) is 28.8 Å². The lowest BCUT2D eigenvalue weighted by Gasteiger charge is -2.28. The molecule has 3 heterocycles. The Kier molecular flexibility index (Phi) is 5.16.